The first-order valence-corrected chi connectivity index (χ1v) is 13.9. The van der Waals surface area contributed by atoms with Gasteiger partial charge in [-0.25, -0.2) is 0 Å². The van der Waals surface area contributed by atoms with E-state index in [1.54, 1.807) is 0 Å². The number of benzene rings is 2. The van der Waals surface area contributed by atoms with Crippen molar-refractivity contribution < 1.29 is 10.2 Å². The fourth-order valence-corrected chi connectivity index (χ4v) is 5.09. The molecule has 2 aromatic carbocycles. The molecule has 0 amide bonds. The predicted molar refractivity (Wildman–Crippen MR) is 157 cm³/mol. The van der Waals surface area contributed by atoms with E-state index in [1.807, 2.05) is 0 Å². The minimum atomic E-state index is -0.127. The van der Waals surface area contributed by atoms with Gasteiger partial charge in [0, 0.05) is 37.3 Å². The maximum Gasteiger partial charge on any atom is 0.123 e. The molecule has 1 aliphatic rings. The Balaban J connectivity index is 1.86. The second-order valence-electron chi connectivity index (χ2n) is 15.3. The Morgan fingerprint density at radius 2 is 0.865 bits per heavy atom. The molecule has 3 rings (SSSR count). The van der Waals surface area contributed by atoms with Crippen molar-refractivity contribution in [3.8, 4) is 11.5 Å². The van der Waals surface area contributed by atoms with Crippen molar-refractivity contribution in [3.63, 3.8) is 0 Å². The van der Waals surface area contributed by atoms with E-state index in [0.29, 0.717) is 11.5 Å². The summed E-state index contributed by atoms with van der Waals surface area (Å²) < 4.78 is 0. The molecule has 0 bridgehead atoms. The number of phenols is 2. The lowest BCUT2D eigenvalue weighted by Crippen LogP contribution is -2.26. The van der Waals surface area contributed by atoms with Crippen LogP contribution in [0.4, 0.5) is 0 Å². The normalized spacial score (nSPS) is 16.5. The zero-order chi connectivity index (χ0) is 28.1. The maximum absolute atomic E-state index is 11.3. The van der Waals surface area contributed by atoms with Crippen LogP contribution in [-0.4, -0.2) is 39.8 Å². The van der Waals surface area contributed by atoms with Gasteiger partial charge in [-0.15, -0.1) is 0 Å². The Labute approximate surface area is 226 Å². The van der Waals surface area contributed by atoms with Crippen molar-refractivity contribution >= 4 is 0 Å². The topological polar surface area (TPSA) is 46.9 Å². The van der Waals surface area contributed by atoms with Crippen LogP contribution in [0.3, 0.4) is 0 Å². The van der Waals surface area contributed by atoms with Crippen LogP contribution in [-0.2, 0) is 34.7 Å². The second-order valence-corrected chi connectivity index (χ2v) is 15.3. The summed E-state index contributed by atoms with van der Waals surface area (Å²) in [7, 11) is 0. The van der Waals surface area contributed by atoms with Gasteiger partial charge in [0.05, 0.1) is 6.67 Å². The van der Waals surface area contributed by atoms with Crippen LogP contribution >= 0.6 is 0 Å². The minimum absolute atomic E-state index is 0.0137. The lowest BCUT2D eigenvalue weighted by atomic mass is 9.79. The van der Waals surface area contributed by atoms with Gasteiger partial charge < -0.3 is 10.2 Å². The summed E-state index contributed by atoms with van der Waals surface area (Å²) in [5.74, 6) is 0.869. The van der Waals surface area contributed by atoms with E-state index in [-0.39, 0.29) is 21.7 Å². The summed E-state index contributed by atoms with van der Waals surface area (Å²) in [6.07, 6.45) is 0. The van der Waals surface area contributed by atoms with Crippen LogP contribution < -0.4 is 0 Å². The highest BCUT2D eigenvalue weighted by Gasteiger charge is 2.29. The first-order valence-electron chi connectivity index (χ1n) is 13.9. The van der Waals surface area contributed by atoms with Crippen molar-refractivity contribution in [2.75, 3.05) is 19.8 Å². The van der Waals surface area contributed by atoms with Crippen molar-refractivity contribution in [2.24, 2.45) is 0 Å². The molecule has 2 aromatic rings. The molecule has 4 nitrogen and oxygen atoms in total. The Hall–Kier alpha value is -2.04. The van der Waals surface area contributed by atoms with Crippen molar-refractivity contribution in [1.82, 2.24) is 9.80 Å². The van der Waals surface area contributed by atoms with Crippen molar-refractivity contribution in [1.29, 1.82) is 0 Å². The number of rotatable bonds is 4. The van der Waals surface area contributed by atoms with Crippen LogP contribution in [0, 0.1) is 0 Å². The summed E-state index contributed by atoms with van der Waals surface area (Å²) in [5, 5.41) is 22.5. The fourth-order valence-electron chi connectivity index (χ4n) is 5.09. The highest BCUT2D eigenvalue weighted by atomic mass is 16.3. The van der Waals surface area contributed by atoms with Crippen molar-refractivity contribution in [3.05, 3.63) is 57.6 Å². The molecule has 0 unspecified atom stereocenters. The Morgan fingerprint density at radius 1 is 0.541 bits per heavy atom. The zero-order valence-electron chi connectivity index (χ0n) is 25.6. The first kappa shape index (κ1) is 29.5. The zero-order valence-corrected chi connectivity index (χ0v) is 25.6. The summed E-state index contributed by atoms with van der Waals surface area (Å²) in [4.78, 5) is 4.81. The van der Waals surface area contributed by atoms with Gasteiger partial charge in [0.1, 0.15) is 11.5 Å². The van der Waals surface area contributed by atoms with Crippen molar-refractivity contribution in [2.45, 2.75) is 118 Å². The van der Waals surface area contributed by atoms with E-state index in [2.05, 4.69) is 117 Å². The fraction of sp³-hybridized carbons (Fsp3) is 0.636. The molecular formula is C33H52N2O2. The maximum atomic E-state index is 11.3. The molecule has 4 heteroatoms. The third kappa shape index (κ3) is 6.89. The lowest BCUT2D eigenvalue weighted by Gasteiger charge is -2.29. The predicted octanol–water partition coefficient (Wildman–Crippen LogP) is 7.56. The summed E-state index contributed by atoms with van der Waals surface area (Å²) in [6.45, 7) is 30.5. The molecule has 0 spiro atoms. The molecule has 1 saturated heterocycles. The third-order valence-electron chi connectivity index (χ3n) is 7.65. The SMILES string of the molecule is CC(C)(C)c1cc(CN2CCN(Cc3cc(C(C)(C)C)cc(C(C)(C)C)c3O)C2)c(O)c(C(C)(C)C)c1. The molecule has 0 aliphatic carbocycles. The third-order valence-corrected chi connectivity index (χ3v) is 7.65. The Morgan fingerprint density at radius 3 is 1.14 bits per heavy atom. The molecule has 1 fully saturated rings. The average Bonchev–Trinajstić information content (AvgIpc) is 3.14. The highest BCUT2D eigenvalue weighted by Crippen LogP contribution is 2.40. The summed E-state index contributed by atoms with van der Waals surface area (Å²) in [6, 6.07) is 8.77. The Bertz CT molecular complexity index is 1030. The van der Waals surface area contributed by atoms with E-state index < -0.39 is 0 Å². The van der Waals surface area contributed by atoms with Crippen LogP contribution in [0.5, 0.6) is 11.5 Å². The molecule has 1 aliphatic heterocycles. The van der Waals surface area contributed by atoms with Crippen LogP contribution in [0.25, 0.3) is 0 Å². The molecule has 37 heavy (non-hydrogen) atoms. The smallest absolute Gasteiger partial charge is 0.123 e. The highest BCUT2D eigenvalue weighted by molar-refractivity contribution is 5.50. The number of hydrogen-bond donors (Lipinski definition) is 2. The van der Waals surface area contributed by atoms with Gasteiger partial charge in [0.15, 0.2) is 0 Å². The standard InChI is InChI=1S/C33H52N2O2/c1-30(2,3)24-15-22(28(36)26(17-24)32(7,8)9)19-34-13-14-35(21-34)20-23-16-25(31(4,5)6)18-27(29(23)37)33(10,11)12/h15-18,36-37H,13-14,19-21H2,1-12H3. The Kier molecular flexibility index (Phi) is 7.92. The molecule has 0 saturated carbocycles. The van der Waals surface area contributed by atoms with Gasteiger partial charge in [-0.05, 0) is 43.9 Å². The molecule has 1 heterocycles. The van der Waals surface area contributed by atoms with Gasteiger partial charge in [0.25, 0.3) is 0 Å². The number of nitrogens with zero attached hydrogens (tertiary/aromatic N) is 2. The number of phenolic OH excluding ortho intramolecular Hbond substituents is 2. The quantitative estimate of drug-likeness (QED) is 0.447. The molecular weight excluding hydrogens is 456 g/mol. The van der Waals surface area contributed by atoms with Gasteiger partial charge >= 0.3 is 0 Å². The summed E-state index contributed by atoms with van der Waals surface area (Å²) >= 11 is 0. The molecule has 0 radical (unpaired) electrons. The number of hydrogen-bond acceptors (Lipinski definition) is 4. The molecule has 0 atom stereocenters. The van der Waals surface area contributed by atoms with Crippen LogP contribution in [0.1, 0.15) is 116 Å². The van der Waals surface area contributed by atoms with E-state index in [1.165, 1.54) is 11.1 Å². The van der Waals surface area contributed by atoms with Gasteiger partial charge in [0.2, 0.25) is 0 Å². The van der Waals surface area contributed by atoms with Gasteiger partial charge in [-0.2, -0.15) is 0 Å². The lowest BCUT2D eigenvalue weighted by molar-refractivity contribution is 0.231. The van der Waals surface area contributed by atoms with Gasteiger partial charge in [-0.3, -0.25) is 9.80 Å². The van der Waals surface area contributed by atoms with Crippen LogP contribution in [0.2, 0.25) is 0 Å². The average molecular weight is 509 g/mol. The van der Waals surface area contributed by atoms with E-state index in [4.69, 9.17) is 0 Å². The van der Waals surface area contributed by atoms with E-state index >= 15 is 0 Å². The number of aromatic hydroxyl groups is 2. The monoisotopic (exact) mass is 508 g/mol. The summed E-state index contributed by atoms with van der Waals surface area (Å²) in [5.41, 5.74) is 6.35. The molecule has 2 N–H and O–H groups in total. The van der Waals surface area contributed by atoms with E-state index in [9.17, 15) is 10.2 Å². The molecule has 206 valence electrons. The molecule has 0 aromatic heterocycles. The largest absolute Gasteiger partial charge is 0.507 e. The van der Waals surface area contributed by atoms with E-state index in [0.717, 1.165) is 55.1 Å². The van der Waals surface area contributed by atoms with Crippen LogP contribution in [0.15, 0.2) is 24.3 Å². The minimum Gasteiger partial charge on any atom is -0.507 e. The second kappa shape index (κ2) is 9.93. The van der Waals surface area contributed by atoms with Gasteiger partial charge in [-0.1, -0.05) is 107 Å². The first-order chi connectivity index (χ1) is 16.7.